The molecule has 0 spiro atoms. The first-order chi connectivity index (χ1) is 15.1. The maximum absolute atomic E-state index is 13.0. The molecular weight excluding hydrogens is 388 g/mol. The lowest BCUT2D eigenvalue weighted by atomic mass is 10.1. The van der Waals surface area contributed by atoms with Crippen molar-refractivity contribution in [3.63, 3.8) is 0 Å². The van der Waals surface area contributed by atoms with E-state index in [4.69, 9.17) is 0 Å². The molecule has 1 aromatic heterocycles. The van der Waals surface area contributed by atoms with Gasteiger partial charge < -0.3 is 10.2 Å². The van der Waals surface area contributed by atoms with Crippen LogP contribution in [0.4, 0.5) is 17.1 Å². The molecule has 0 radical (unpaired) electrons. The number of anilines is 3. The normalized spacial score (nSPS) is 12.7. The molecule has 0 bridgehead atoms. The van der Waals surface area contributed by atoms with Crippen LogP contribution in [-0.2, 0) is 24.7 Å². The van der Waals surface area contributed by atoms with E-state index >= 15 is 0 Å². The number of rotatable bonds is 4. The summed E-state index contributed by atoms with van der Waals surface area (Å²) in [6.07, 6.45) is 1.06. The first-order valence-corrected chi connectivity index (χ1v) is 10.3. The van der Waals surface area contributed by atoms with Crippen molar-refractivity contribution >= 4 is 33.7 Å². The van der Waals surface area contributed by atoms with Crippen molar-refractivity contribution in [2.75, 3.05) is 16.8 Å². The Morgan fingerprint density at radius 3 is 2.45 bits per heavy atom. The van der Waals surface area contributed by atoms with E-state index in [2.05, 4.69) is 33.5 Å². The van der Waals surface area contributed by atoms with Gasteiger partial charge in [0.2, 0.25) is 5.91 Å². The van der Waals surface area contributed by atoms with Crippen molar-refractivity contribution in [3.05, 3.63) is 94.4 Å². The third kappa shape index (κ3) is 3.46. The van der Waals surface area contributed by atoms with E-state index < -0.39 is 0 Å². The summed E-state index contributed by atoms with van der Waals surface area (Å²) < 4.78 is 1.29. The molecular formula is C25H22N4O2. The van der Waals surface area contributed by atoms with Crippen molar-refractivity contribution in [2.45, 2.75) is 12.8 Å². The molecule has 1 N–H and O–H groups in total. The van der Waals surface area contributed by atoms with Gasteiger partial charge in [0.25, 0.3) is 5.56 Å². The molecule has 0 saturated carbocycles. The lowest BCUT2D eigenvalue weighted by molar-refractivity contribution is -0.115. The minimum absolute atomic E-state index is 0.0829. The summed E-state index contributed by atoms with van der Waals surface area (Å²) >= 11 is 0. The quantitative estimate of drug-likeness (QED) is 0.556. The van der Waals surface area contributed by atoms with Crippen LogP contribution in [0.3, 0.4) is 0 Å². The Hall–Kier alpha value is -3.93. The molecule has 0 saturated heterocycles. The molecule has 1 aliphatic rings. The molecule has 6 heteroatoms. The Morgan fingerprint density at radius 1 is 0.935 bits per heavy atom. The average Bonchev–Trinajstić information content (AvgIpc) is 3.22. The van der Waals surface area contributed by atoms with E-state index in [-0.39, 0.29) is 17.9 Å². The number of fused-ring (bicyclic) bond motifs is 2. The number of carbonyl (C=O) groups excluding carboxylic acids is 1. The van der Waals surface area contributed by atoms with Gasteiger partial charge in [-0.15, -0.1) is 0 Å². The van der Waals surface area contributed by atoms with Crippen LogP contribution in [0.1, 0.15) is 11.3 Å². The Labute approximate surface area is 179 Å². The Balaban J connectivity index is 1.44. The number of hydrogen-bond acceptors (Lipinski definition) is 4. The fourth-order valence-electron chi connectivity index (χ4n) is 4.26. The number of aryl methyl sites for hydroxylation is 1. The van der Waals surface area contributed by atoms with Crippen LogP contribution < -0.4 is 15.8 Å². The number of carbonyl (C=O) groups is 1. The second kappa shape index (κ2) is 7.72. The molecule has 6 nitrogen and oxygen atoms in total. The van der Waals surface area contributed by atoms with E-state index in [1.165, 1.54) is 15.9 Å². The van der Waals surface area contributed by atoms with E-state index in [1.807, 2.05) is 48.5 Å². The predicted molar refractivity (Wildman–Crippen MR) is 123 cm³/mol. The van der Waals surface area contributed by atoms with Crippen LogP contribution in [0.5, 0.6) is 0 Å². The Kier molecular flexibility index (Phi) is 4.75. The zero-order chi connectivity index (χ0) is 21.4. The third-order valence-corrected chi connectivity index (χ3v) is 5.72. The van der Waals surface area contributed by atoms with Crippen LogP contribution in [0.25, 0.3) is 10.8 Å². The highest BCUT2D eigenvalue weighted by atomic mass is 16.1. The minimum atomic E-state index is -0.170. The second-order valence-electron chi connectivity index (χ2n) is 7.69. The first kappa shape index (κ1) is 19.1. The van der Waals surface area contributed by atoms with Gasteiger partial charge in [-0.05, 0) is 36.2 Å². The van der Waals surface area contributed by atoms with Crippen LogP contribution in [0, 0.1) is 0 Å². The summed E-state index contributed by atoms with van der Waals surface area (Å²) in [5.41, 5.74) is 4.63. The highest BCUT2D eigenvalue weighted by molar-refractivity contribution is 5.98. The lowest BCUT2D eigenvalue weighted by Crippen LogP contribution is -2.24. The standard InChI is InChI=1S/C25H22N4O2/c1-28-25(31)19-10-4-3-9-18(19)21(27-28)16-24(30)26-20-11-5-7-13-23(20)29-15-14-17-8-2-6-12-22(17)29/h2-13H,14-16H2,1H3,(H,26,30). The van der Waals surface area contributed by atoms with E-state index in [0.29, 0.717) is 16.5 Å². The number of amides is 1. The van der Waals surface area contributed by atoms with Gasteiger partial charge in [0.1, 0.15) is 0 Å². The SMILES string of the molecule is Cn1nc(CC(=O)Nc2ccccc2N2CCc3ccccc32)c2ccccc2c1=O. The van der Waals surface area contributed by atoms with Crippen molar-refractivity contribution in [2.24, 2.45) is 7.05 Å². The average molecular weight is 410 g/mol. The highest BCUT2D eigenvalue weighted by Crippen LogP contribution is 2.38. The minimum Gasteiger partial charge on any atom is -0.339 e. The van der Waals surface area contributed by atoms with Gasteiger partial charge in [0.15, 0.2) is 0 Å². The number of benzene rings is 3. The molecule has 0 unspecified atom stereocenters. The fraction of sp³-hybridized carbons (Fsp3) is 0.160. The molecule has 4 aromatic rings. The highest BCUT2D eigenvalue weighted by Gasteiger charge is 2.22. The fourth-order valence-corrected chi connectivity index (χ4v) is 4.26. The summed E-state index contributed by atoms with van der Waals surface area (Å²) in [4.78, 5) is 27.6. The molecule has 3 aromatic carbocycles. The summed E-state index contributed by atoms with van der Waals surface area (Å²) in [7, 11) is 1.61. The Morgan fingerprint density at radius 2 is 1.61 bits per heavy atom. The number of nitrogens with zero attached hydrogens (tertiary/aromatic N) is 3. The Bertz CT molecular complexity index is 1360. The summed E-state index contributed by atoms with van der Waals surface area (Å²) in [5, 5.41) is 8.68. The molecule has 1 aliphatic heterocycles. The molecule has 1 amide bonds. The van der Waals surface area contributed by atoms with Gasteiger partial charge >= 0.3 is 0 Å². The number of aromatic nitrogens is 2. The van der Waals surface area contributed by atoms with E-state index in [9.17, 15) is 9.59 Å². The van der Waals surface area contributed by atoms with Crippen molar-refractivity contribution in [3.8, 4) is 0 Å². The third-order valence-electron chi connectivity index (χ3n) is 5.72. The number of hydrogen-bond donors (Lipinski definition) is 1. The van der Waals surface area contributed by atoms with Crippen molar-refractivity contribution in [1.29, 1.82) is 0 Å². The molecule has 0 fully saturated rings. The van der Waals surface area contributed by atoms with Crippen LogP contribution in [0.2, 0.25) is 0 Å². The second-order valence-corrected chi connectivity index (χ2v) is 7.69. The monoisotopic (exact) mass is 410 g/mol. The molecule has 0 aliphatic carbocycles. The number of para-hydroxylation sites is 3. The molecule has 154 valence electrons. The topological polar surface area (TPSA) is 67.2 Å². The van der Waals surface area contributed by atoms with Crippen molar-refractivity contribution in [1.82, 2.24) is 9.78 Å². The maximum Gasteiger partial charge on any atom is 0.274 e. The van der Waals surface area contributed by atoms with Crippen LogP contribution in [0.15, 0.2) is 77.6 Å². The zero-order valence-electron chi connectivity index (χ0n) is 17.2. The van der Waals surface area contributed by atoms with Crippen LogP contribution in [-0.4, -0.2) is 22.2 Å². The van der Waals surface area contributed by atoms with Gasteiger partial charge in [-0.2, -0.15) is 5.10 Å². The summed E-state index contributed by atoms with van der Waals surface area (Å²) in [5.74, 6) is -0.170. The smallest absolute Gasteiger partial charge is 0.274 e. The van der Waals surface area contributed by atoms with Crippen LogP contribution >= 0.6 is 0 Å². The number of nitrogens with one attached hydrogen (secondary N) is 1. The molecule has 2 heterocycles. The summed E-state index contributed by atoms with van der Waals surface area (Å²) in [6, 6.07) is 23.5. The van der Waals surface area contributed by atoms with Gasteiger partial charge in [-0.1, -0.05) is 48.5 Å². The predicted octanol–water partition coefficient (Wildman–Crippen LogP) is 3.81. The molecule has 31 heavy (non-hydrogen) atoms. The summed E-state index contributed by atoms with van der Waals surface area (Å²) in [6.45, 7) is 0.874. The van der Waals surface area contributed by atoms with Gasteiger partial charge in [0, 0.05) is 24.7 Å². The van der Waals surface area contributed by atoms with E-state index in [1.54, 1.807) is 13.1 Å². The maximum atomic E-state index is 13.0. The first-order valence-electron chi connectivity index (χ1n) is 10.3. The largest absolute Gasteiger partial charge is 0.339 e. The molecule has 5 rings (SSSR count). The van der Waals surface area contributed by atoms with E-state index in [0.717, 1.165) is 24.3 Å². The zero-order valence-corrected chi connectivity index (χ0v) is 17.2. The lowest BCUT2D eigenvalue weighted by Gasteiger charge is -2.23. The van der Waals surface area contributed by atoms with Gasteiger partial charge in [-0.3, -0.25) is 9.59 Å². The van der Waals surface area contributed by atoms with Gasteiger partial charge in [0.05, 0.1) is 28.9 Å². The van der Waals surface area contributed by atoms with Gasteiger partial charge in [-0.25, -0.2) is 4.68 Å². The van der Waals surface area contributed by atoms with Crippen molar-refractivity contribution < 1.29 is 4.79 Å². The molecule has 0 atom stereocenters.